The van der Waals surface area contributed by atoms with Gasteiger partial charge in [-0.1, -0.05) is 67.0 Å². The molecule has 1 spiro atoms. The van der Waals surface area contributed by atoms with E-state index in [1.54, 1.807) is 11.1 Å². The number of ketones is 1. The van der Waals surface area contributed by atoms with Gasteiger partial charge in [0.25, 0.3) is 0 Å². The number of carbonyl (C=O) groups is 2. The topological polar surface area (TPSA) is 58.6 Å². The van der Waals surface area contributed by atoms with Gasteiger partial charge in [0.15, 0.2) is 5.78 Å². The second kappa shape index (κ2) is 12.3. The van der Waals surface area contributed by atoms with E-state index >= 15 is 0 Å². The average molecular weight is 611 g/mol. The van der Waals surface area contributed by atoms with Crippen molar-refractivity contribution in [2.24, 2.45) is 35.0 Å². The van der Waals surface area contributed by atoms with Crippen LogP contribution in [0.3, 0.4) is 0 Å². The molecule has 0 radical (unpaired) electrons. The first-order valence-corrected chi connectivity index (χ1v) is 18.0. The number of piperidine rings is 1. The molecule has 1 aromatic rings. The minimum atomic E-state index is -0.111. The van der Waals surface area contributed by atoms with Crippen LogP contribution in [0.4, 0.5) is 0 Å². The van der Waals surface area contributed by atoms with E-state index in [0.29, 0.717) is 48.5 Å². The van der Waals surface area contributed by atoms with Crippen LogP contribution in [-0.2, 0) is 20.7 Å². The van der Waals surface area contributed by atoms with E-state index < -0.39 is 0 Å². The van der Waals surface area contributed by atoms with Crippen LogP contribution in [0.1, 0.15) is 90.5 Å². The van der Waals surface area contributed by atoms with Crippen molar-refractivity contribution in [3.05, 3.63) is 71.3 Å². The largest absolute Gasteiger partial charge is 0.369 e. The smallest absolute Gasteiger partial charge is 0.220 e. The number of hydrogen-bond acceptors (Lipinski definition) is 4. The van der Waals surface area contributed by atoms with Gasteiger partial charge in [-0.2, -0.15) is 0 Å². The van der Waals surface area contributed by atoms with Crippen molar-refractivity contribution in [3.63, 3.8) is 0 Å². The monoisotopic (exact) mass is 610 g/mol. The molecular weight excluding hydrogens is 556 g/mol. The minimum absolute atomic E-state index is 0.111. The SMILES string of the molecule is C=C[C@H]1C[C@H]2O[C@]3(CC[C@@H]4C(=C(C)C3)C[C@H]3[C@H]4CCC4=CC(=O)CC[C@@]43C)[C@H](C)[C@@H]2N(CCNC(=O)CCc2ccccc2)C1. The predicted octanol–water partition coefficient (Wildman–Crippen LogP) is 7.23. The summed E-state index contributed by atoms with van der Waals surface area (Å²) in [4.78, 5) is 27.6. The second-order valence-corrected chi connectivity index (χ2v) is 15.8. The number of fused-ring (bicyclic) bond motifs is 6. The fourth-order valence-corrected chi connectivity index (χ4v) is 11.1. The summed E-state index contributed by atoms with van der Waals surface area (Å²) in [5.41, 5.74) is 6.09. The third kappa shape index (κ3) is 5.60. The first-order chi connectivity index (χ1) is 21.7. The Balaban J connectivity index is 1.04. The molecule has 5 nitrogen and oxygen atoms in total. The number of hydrogen-bond donors (Lipinski definition) is 1. The molecule has 7 rings (SSSR count). The molecular formula is C40H54N2O3. The number of likely N-dealkylation sites (tertiary alicyclic amines) is 1. The number of amides is 1. The molecule has 4 fully saturated rings. The van der Waals surface area contributed by atoms with E-state index in [0.717, 1.165) is 64.0 Å². The maximum absolute atomic E-state index is 12.7. The zero-order valence-corrected chi connectivity index (χ0v) is 27.9. The van der Waals surface area contributed by atoms with Gasteiger partial charge in [-0.05, 0) is 105 Å². The van der Waals surface area contributed by atoms with Gasteiger partial charge in [0, 0.05) is 44.4 Å². The molecule has 1 aromatic carbocycles. The maximum Gasteiger partial charge on any atom is 0.220 e. The highest BCUT2D eigenvalue weighted by Crippen LogP contribution is 2.64. The van der Waals surface area contributed by atoms with E-state index in [4.69, 9.17) is 4.74 Å². The Labute approximate surface area is 270 Å². The van der Waals surface area contributed by atoms with Crippen LogP contribution in [0.25, 0.3) is 0 Å². The van der Waals surface area contributed by atoms with Gasteiger partial charge >= 0.3 is 0 Å². The van der Waals surface area contributed by atoms with Crippen LogP contribution >= 0.6 is 0 Å². The molecule has 2 saturated heterocycles. The van der Waals surface area contributed by atoms with Gasteiger partial charge in [0.2, 0.25) is 5.91 Å². The van der Waals surface area contributed by atoms with Crippen molar-refractivity contribution in [3.8, 4) is 0 Å². The number of ether oxygens (including phenoxy) is 1. The maximum atomic E-state index is 12.7. The number of allylic oxidation sites excluding steroid dienone is 3. The van der Waals surface area contributed by atoms with Gasteiger partial charge in [-0.3, -0.25) is 14.5 Å². The van der Waals surface area contributed by atoms with Gasteiger partial charge in [0.05, 0.1) is 11.7 Å². The van der Waals surface area contributed by atoms with Gasteiger partial charge in [0.1, 0.15) is 0 Å². The van der Waals surface area contributed by atoms with Crippen LogP contribution in [0.5, 0.6) is 0 Å². The Kier molecular flexibility index (Phi) is 8.48. The third-order valence-corrected chi connectivity index (χ3v) is 13.5. The predicted molar refractivity (Wildman–Crippen MR) is 180 cm³/mol. The Morgan fingerprint density at radius 3 is 2.80 bits per heavy atom. The van der Waals surface area contributed by atoms with Crippen LogP contribution < -0.4 is 5.32 Å². The average Bonchev–Trinajstić information content (AvgIpc) is 3.50. The molecule has 0 unspecified atom stereocenters. The Morgan fingerprint density at radius 2 is 2.00 bits per heavy atom. The number of carbonyl (C=O) groups excluding carboxylic acids is 2. The van der Waals surface area contributed by atoms with E-state index in [1.807, 2.05) is 24.3 Å². The molecule has 1 amide bonds. The highest BCUT2D eigenvalue weighted by molar-refractivity contribution is 5.91. The van der Waals surface area contributed by atoms with E-state index in [9.17, 15) is 9.59 Å². The summed E-state index contributed by atoms with van der Waals surface area (Å²) in [5.74, 6) is 3.44. The van der Waals surface area contributed by atoms with Gasteiger partial charge in [-0.25, -0.2) is 0 Å². The molecule has 242 valence electrons. The van der Waals surface area contributed by atoms with Crippen molar-refractivity contribution < 1.29 is 14.3 Å². The molecule has 2 aliphatic heterocycles. The molecule has 0 bridgehead atoms. The fourth-order valence-electron chi connectivity index (χ4n) is 11.1. The molecule has 6 aliphatic rings. The van der Waals surface area contributed by atoms with Crippen LogP contribution in [-0.4, -0.2) is 54.0 Å². The zero-order valence-electron chi connectivity index (χ0n) is 27.9. The molecule has 1 N–H and O–H groups in total. The number of benzene rings is 1. The molecule has 4 aliphatic carbocycles. The number of aryl methyl sites for hydroxylation is 1. The molecule has 0 aromatic heterocycles. The van der Waals surface area contributed by atoms with Crippen molar-refractivity contribution in [2.75, 3.05) is 19.6 Å². The first kappa shape index (κ1) is 31.1. The summed E-state index contributed by atoms with van der Waals surface area (Å²) in [6, 6.07) is 10.6. The Bertz CT molecular complexity index is 1380. The normalized spacial score (nSPS) is 39.4. The van der Waals surface area contributed by atoms with Crippen molar-refractivity contribution in [2.45, 2.75) is 109 Å². The van der Waals surface area contributed by atoms with Crippen molar-refractivity contribution >= 4 is 11.7 Å². The van der Waals surface area contributed by atoms with E-state index in [-0.39, 0.29) is 23.0 Å². The number of rotatable bonds is 7. The number of nitrogens with one attached hydrogen (secondary N) is 1. The van der Waals surface area contributed by atoms with Crippen LogP contribution in [0.2, 0.25) is 0 Å². The lowest BCUT2D eigenvalue weighted by atomic mass is 9.56. The lowest BCUT2D eigenvalue weighted by Gasteiger charge is -2.48. The standard InChI is InChI=1S/C40H54N2O3/c1-5-28-21-36-38(42(25-28)20-19-41-37(44)14-11-29-9-7-6-8-10-29)27(3)40(45-36)18-16-32-33-13-12-30-22-31(43)15-17-39(30,4)35(33)23-34(32)26(2)24-40/h5-10,22,27-28,32-33,35-36,38H,1,11-21,23-25H2,2-4H3,(H,41,44)/t27-,28+,32+,33+,35+,36-,38+,39+,40+/m1/s1. The lowest BCUT2D eigenvalue weighted by Crippen LogP contribution is -2.53. The van der Waals surface area contributed by atoms with Crippen LogP contribution in [0.15, 0.2) is 65.8 Å². The van der Waals surface area contributed by atoms with Gasteiger partial charge in [-0.15, -0.1) is 6.58 Å². The summed E-state index contributed by atoms with van der Waals surface area (Å²) in [5, 5.41) is 3.22. The first-order valence-electron chi connectivity index (χ1n) is 18.0. The summed E-state index contributed by atoms with van der Waals surface area (Å²) >= 11 is 0. The third-order valence-electron chi connectivity index (χ3n) is 13.5. The van der Waals surface area contributed by atoms with E-state index in [2.05, 4.69) is 55.8 Å². The van der Waals surface area contributed by atoms with Crippen LogP contribution in [0, 0.1) is 35.0 Å². The fraction of sp³-hybridized carbons (Fsp3) is 0.650. The lowest BCUT2D eigenvalue weighted by molar-refractivity contribution is -0.121. The highest BCUT2D eigenvalue weighted by atomic mass is 16.5. The summed E-state index contributed by atoms with van der Waals surface area (Å²) in [6.45, 7) is 14.1. The van der Waals surface area contributed by atoms with Crippen molar-refractivity contribution in [1.29, 1.82) is 0 Å². The molecule has 9 atom stereocenters. The summed E-state index contributed by atoms with van der Waals surface area (Å²) < 4.78 is 7.30. The van der Waals surface area contributed by atoms with E-state index in [1.165, 1.54) is 30.4 Å². The minimum Gasteiger partial charge on any atom is -0.369 e. The second-order valence-electron chi connectivity index (χ2n) is 15.8. The summed E-state index contributed by atoms with van der Waals surface area (Å²) in [6.07, 6.45) is 15.5. The summed E-state index contributed by atoms with van der Waals surface area (Å²) in [7, 11) is 0. The number of nitrogens with zero attached hydrogens (tertiary/aromatic N) is 1. The molecule has 5 heteroatoms. The highest BCUT2D eigenvalue weighted by Gasteiger charge is 2.59. The zero-order chi connectivity index (χ0) is 31.3. The molecule has 2 heterocycles. The molecule has 2 saturated carbocycles. The Hall–Kier alpha value is -2.50. The Morgan fingerprint density at radius 1 is 1.18 bits per heavy atom. The quantitative estimate of drug-likeness (QED) is 0.331. The van der Waals surface area contributed by atoms with Crippen molar-refractivity contribution in [1.82, 2.24) is 10.2 Å². The van der Waals surface area contributed by atoms with Gasteiger partial charge < -0.3 is 10.1 Å². The molecule has 45 heavy (non-hydrogen) atoms.